The number of nitrogens with zero attached hydrogens (tertiary/aromatic N) is 10. The maximum absolute atomic E-state index is 14.0. The smallest absolute Gasteiger partial charge is 0.276 e. The third-order valence-corrected chi connectivity index (χ3v) is 11.6. The zero-order valence-corrected chi connectivity index (χ0v) is 36.1. The summed E-state index contributed by atoms with van der Waals surface area (Å²) in [5.41, 5.74) is 16.1. The second kappa shape index (κ2) is 18.2. The third-order valence-electron chi connectivity index (χ3n) is 11.6. The molecule has 4 amide bonds. The summed E-state index contributed by atoms with van der Waals surface area (Å²) in [6, 6.07) is 8.41. The highest BCUT2D eigenvalue weighted by molar-refractivity contribution is 6.05. The Balaban J connectivity index is 1.13. The van der Waals surface area contributed by atoms with Crippen molar-refractivity contribution in [2.75, 3.05) is 36.9 Å². The number of rotatable bonds is 21. The first-order valence-corrected chi connectivity index (χ1v) is 21.8. The van der Waals surface area contributed by atoms with Gasteiger partial charge in [0.1, 0.15) is 28.2 Å². The van der Waals surface area contributed by atoms with Crippen LogP contribution in [0, 0.1) is 0 Å². The molecule has 5 aromatic heterocycles. The van der Waals surface area contributed by atoms with Crippen molar-refractivity contribution in [1.29, 1.82) is 0 Å². The second-order valence-corrected chi connectivity index (χ2v) is 15.9. The van der Waals surface area contributed by atoms with Gasteiger partial charge in [0.15, 0.2) is 5.65 Å². The average molecular weight is 859 g/mol. The van der Waals surface area contributed by atoms with E-state index in [4.69, 9.17) is 21.2 Å². The fraction of sp³-hybridized carbons (Fsp3) is 0.432. The van der Waals surface area contributed by atoms with Crippen LogP contribution in [-0.4, -0.2) is 98.4 Å². The molecule has 6 aromatic rings. The van der Waals surface area contributed by atoms with Crippen LogP contribution < -0.4 is 26.8 Å². The molecule has 19 nitrogen and oxygen atoms in total. The molecule has 1 aromatic carbocycles. The van der Waals surface area contributed by atoms with Gasteiger partial charge in [-0.25, -0.2) is 15.0 Å². The summed E-state index contributed by atoms with van der Waals surface area (Å²) in [6.45, 7) is 12.5. The average Bonchev–Trinajstić information content (AvgIpc) is 4.16. The van der Waals surface area contributed by atoms with E-state index in [-0.39, 0.29) is 47.9 Å². The lowest BCUT2D eigenvalue weighted by Gasteiger charge is -2.18. The normalized spacial score (nSPS) is 14.0. The van der Waals surface area contributed by atoms with Crippen molar-refractivity contribution in [3.63, 3.8) is 0 Å². The molecule has 5 heterocycles. The van der Waals surface area contributed by atoms with Gasteiger partial charge in [-0.1, -0.05) is 26.0 Å². The number of hydrogen-bond acceptors (Lipinski definition) is 11. The number of allylic oxidation sites excluding steroid dienone is 2. The van der Waals surface area contributed by atoms with Crippen molar-refractivity contribution in [2.24, 2.45) is 11.5 Å². The number of pyridine rings is 1. The molecule has 2 saturated carbocycles. The number of aryl methyl sites for hydroxylation is 2. The topological polar surface area (TPSA) is 241 Å². The molecular weight excluding hydrogens is 805 g/mol. The number of aromatic nitrogens is 9. The first-order chi connectivity index (χ1) is 30.5. The van der Waals surface area contributed by atoms with Gasteiger partial charge in [-0.05, 0) is 89.4 Å². The van der Waals surface area contributed by atoms with Crippen molar-refractivity contribution in [1.82, 2.24) is 48.5 Å². The lowest BCUT2D eigenvalue weighted by Crippen LogP contribution is -2.25. The number of primary amides is 2. The van der Waals surface area contributed by atoms with E-state index >= 15 is 0 Å². The molecule has 6 N–H and O–H groups in total. The first-order valence-electron chi connectivity index (χ1n) is 21.8. The lowest BCUT2D eigenvalue weighted by molar-refractivity contribution is 0.0991. The Kier molecular flexibility index (Phi) is 12.4. The lowest BCUT2D eigenvalue weighted by atomic mass is 10.1. The summed E-state index contributed by atoms with van der Waals surface area (Å²) in [5.74, 6) is -0.504. The third kappa shape index (κ3) is 9.18. The Morgan fingerprint density at radius 2 is 1.29 bits per heavy atom. The summed E-state index contributed by atoms with van der Waals surface area (Å²) in [5, 5.41) is 15.3. The number of fused-ring (bicyclic) bond motifs is 2. The fourth-order valence-electron chi connectivity index (χ4n) is 7.75. The predicted octanol–water partition coefficient (Wildman–Crippen LogP) is 5.04. The molecule has 19 heteroatoms. The van der Waals surface area contributed by atoms with Crippen LogP contribution in [0.5, 0.6) is 5.75 Å². The Labute approximate surface area is 363 Å². The van der Waals surface area contributed by atoms with E-state index in [2.05, 4.69) is 49.5 Å². The Hall–Kier alpha value is -6.89. The van der Waals surface area contributed by atoms with Gasteiger partial charge in [0, 0.05) is 56.3 Å². The highest BCUT2D eigenvalue weighted by atomic mass is 16.5. The minimum Gasteiger partial charge on any atom is -0.491 e. The van der Waals surface area contributed by atoms with Crippen LogP contribution in [0.3, 0.4) is 0 Å². The van der Waals surface area contributed by atoms with E-state index in [1.165, 1.54) is 12.3 Å². The molecule has 0 unspecified atom stereocenters. The zero-order valence-electron chi connectivity index (χ0n) is 36.1. The van der Waals surface area contributed by atoms with Gasteiger partial charge >= 0.3 is 0 Å². The molecule has 330 valence electrons. The maximum atomic E-state index is 14.0. The molecule has 2 aliphatic rings. The predicted molar refractivity (Wildman–Crippen MR) is 237 cm³/mol. The summed E-state index contributed by atoms with van der Waals surface area (Å²) in [6.07, 6.45) is 10.1. The summed E-state index contributed by atoms with van der Waals surface area (Å²) in [4.78, 5) is 68.7. The van der Waals surface area contributed by atoms with Gasteiger partial charge in [-0.15, -0.1) is 0 Å². The highest BCUT2D eigenvalue weighted by Gasteiger charge is 2.30. The zero-order chi connectivity index (χ0) is 44.4. The van der Waals surface area contributed by atoms with Crippen LogP contribution >= 0.6 is 0 Å². The van der Waals surface area contributed by atoms with Gasteiger partial charge in [-0.2, -0.15) is 10.2 Å². The van der Waals surface area contributed by atoms with Gasteiger partial charge in [0.2, 0.25) is 23.7 Å². The number of hydrogen-bond donors (Lipinski definition) is 4. The van der Waals surface area contributed by atoms with Crippen molar-refractivity contribution in [3.8, 4) is 5.75 Å². The molecule has 8 rings (SSSR count). The SMILES string of the molecule is CCN(CC)CCCOc1cc(C(N)=O)cc2nc(NC(=O)c3cc(C4CC4)nn3CC)n(C/C=C/Cn3c(NC(=O)c4cc(C5CC5)nn4CC)nc4cc(C(N)=O)cnc43)c12. The van der Waals surface area contributed by atoms with Gasteiger partial charge in [-0.3, -0.25) is 43.7 Å². The number of amides is 4. The van der Waals surface area contributed by atoms with Crippen molar-refractivity contribution in [2.45, 2.75) is 97.8 Å². The van der Waals surface area contributed by atoms with Crippen LogP contribution in [0.4, 0.5) is 11.9 Å². The molecule has 0 aliphatic heterocycles. The Morgan fingerprint density at radius 3 is 1.83 bits per heavy atom. The summed E-state index contributed by atoms with van der Waals surface area (Å²) in [7, 11) is 0. The molecule has 0 spiro atoms. The van der Waals surface area contributed by atoms with Gasteiger partial charge in [0.25, 0.3) is 11.8 Å². The molecule has 63 heavy (non-hydrogen) atoms. The van der Waals surface area contributed by atoms with E-state index in [1.807, 2.05) is 42.7 Å². The molecular formula is C44H54N14O5. The minimum atomic E-state index is -0.656. The molecule has 2 fully saturated rings. The van der Waals surface area contributed by atoms with E-state index in [0.717, 1.165) is 63.1 Å². The number of ether oxygens (including phenoxy) is 1. The molecule has 0 bridgehead atoms. The summed E-state index contributed by atoms with van der Waals surface area (Å²) >= 11 is 0. The maximum Gasteiger partial charge on any atom is 0.276 e. The molecule has 0 atom stereocenters. The van der Waals surface area contributed by atoms with Crippen LogP contribution in [-0.2, 0) is 26.2 Å². The summed E-state index contributed by atoms with van der Waals surface area (Å²) < 4.78 is 13.3. The quantitative estimate of drug-likeness (QED) is 0.0552. The Bertz CT molecular complexity index is 2730. The van der Waals surface area contributed by atoms with Crippen LogP contribution in [0.15, 0.2) is 48.7 Å². The number of nitrogens with one attached hydrogen (secondary N) is 2. The monoisotopic (exact) mass is 858 g/mol. The van der Waals surface area contributed by atoms with E-state index in [1.54, 1.807) is 26.1 Å². The Morgan fingerprint density at radius 1 is 0.746 bits per heavy atom. The van der Waals surface area contributed by atoms with Crippen LogP contribution in [0.1, 0.15) is 125 Å². The number of carbonyl (C=O) groups is 4. The number of carbonyl (C=O) groups excluding carboxylic acids is 4. The van der Waals surface area contributed by atoms with E-state index < -0.39 is 11.8 Å². The van der Waals surface area contributed by atoms with Crippen LogP contribution in [0.25, 0.3) is 22.2 Å². The van der Waals surface area contributed by atoms with E-state index in [9.17, 15) is 19.2 Å². The number of imidazole rings is 2. The molecule has 0 radical (unpaired) electrons. The standard InChI is InChI=1S/C44H54N14O5/c1-5-54(6-2)16-11-19-63-36-22-28(38(45)59)20-32-37(36)55(43(48-32)50-41(61)34-23-30(26-12-13-26)52-57(34)7-3)17-9-10-18-56-40-33(21-29(25-47-40)39(46)60)49-44(56)51-42(62)35-24-31(27-14-15-27)53-58(35)8-4/h9-10,20-27H,5-8,11-19H2,1-4H3,(H2,45,59)(H2,46,60)(H,48,50,61)(H,49,51,62)/b10-9+. The molecule has 0 saturated heterocycles. The fourth-order valence-corrected chi connectivity index (χ4v) is 7.75. The van der Waals surface area contributed by atoms with Crippen molar-refractivity contribution >= 4 is 57.7 Å². The number of nitrogens with two attached hydrogens (primary N) is 2. The van der Waals surface area contributed by atoms with Crippen molar-refractivity contribution in [3.05, 3.63) is 82.6 Å². The minimum absolute atomic E-state index is 0.177. The molecule has 2 aliphatic carbocycles. The van der Waals surface area contributed by atoms with Crippen LogP contribution in [0.2, 0.25) is 0 Å². The van der Waals surface area contributed by atoms with Crippen molar-refractivity contribution < 1.29 is 23.9 Å². The number of benzene rings is 1. The van der Waals surface area contributed by atoms with E-state index in [0.29, 0.717) is 70.9 Å². The van der Waals surface area contributed by atoms with Gasteiger partial charge in [0.05, 0.1) is 29.1 Å². The van der Waals surface area contributed by atoms with Gasteiger partial charge < -0.3 is 25.7 Å². The second-order valence-electron chi connectivity index (χ2n) is 15.9. The first kappa shape index (κ1) is 42.8. The number of anilines is 2. The highest BCUT2D eigenvalue weighted by Crippen LogP contribution is 2.40. The largest absolute Gasteiger partial charge is 0.491 e.